The number of hydrogen-bond donors (Lipinski definition) is 2. The Hall–Kier alpha value is -1.69. The normalized spacial score (nSPS) is 10.1. The van der Waals surface area contributed by atoms with Crippen LogP contribution in [0.5, 0.6) is 0 Å². The van der Waals surface area contributed by atoms with Gasteiger partial charge in [-0.2, -0.15) is 0 Å². The smallest absolute Gasteiger partial charge is 0.257 e. The van der Waals surface area contributed by atoms with Gasteiger partial charge in [0.2, 0.25) is 0 Å². The van der Waals surface area contributed by atoms with Gasteiger partial charge in [0.05, 0.1) is 0 Å². The van der Waals surface area contributed by atoms with Gasteiger partial charge in [0.25, 0.3) is 5.91 Å². The van der Waals surface area contributed by atoms with Crippen molar-refractivity contribution in [3.63, 3.8) is 0 Å². The molecule has 3 nitrogen and oxygen atoms in total. The minimum absolute atomic E-state index is 0.153. The number of carbonyl (C=O) groups is 1. The zero-order valence-electron chi connectivity index (χ0n) is 11.2. The molecule has 0 aromatic heterocycles. The number of carbonyl (C=O) groups excluding carboxylic acids is 1. The Morgan fingerprint density at radius 2 is 1.82 bits per heavy atom. The Balaban J connectivity index is 1.90. The molecule has 0 saturated heterocycles. The molecule has 0 radical (unpaired) electrons. The van der Waals surface area contributed by atoms with Crippen LogP contribution in [0.3, 0.4) is 0 Å². The van der Waals surface area contributed by atoms with Gasteiger partial charge in [0.1, 0.15) is 5.82 Å². The Morgan fingerprint density at radius 1 is 1.14 bits per heavy atom. The lowest BCUT2D eigenvalue weighted by Crippen LogP contribution is -2.38. The quantitative estimate of drug-likeness (QED) is 0.818. The second kappa shape index (κ2) is 7.54. The van der Waals surface area contributed by atoms with Crippen molar-refractivity contribution in [2.75, 3.05) is 0 Å². The average molecular weight is 357 g/mol. The molecule has 0 heterocycles. The molecule has 0 spiro atoms. The van der Waals surface area contributed by atoms with Crippen LogP contribution < -0.4 is 10.6 Å². The first-order valence-electron chi connectivity index (χ1n) is 6.24. The zero-order chi connectivity index (χ0) is 16.1. The van der Waals surface area contributed by atoms with Gasteiger partial charge < -0.3 is 5.32 Å². The molecule has 114 valence electrons. The van der Waals surface area contributed by atoms with Crippen LogP contribution in [0, 0.1) is 5.82 Å². The van der Waals surface area contributed by atoms with E-state index < -0.39 is 11.7 Å². The number of thiocarbonyl (C=S) groups is 1. The van der Waals surface area contributed by atoms with E-state index in [1.54, 1.807) is 18.2 Å². The predicted octanol–water partition coefficient (Wildman–Crippen LogP) is 3.94. The summed E-state index contributed by atoms with van der Waals surface area (Å²) in [5.41, 5.74) is 1.11. The highest BCUT2D eigenvalue weighted by atomic mass is 35.5. The highest BCUT2D eigenvalue weighted by molar-refractivity contribution is 7.80. The summed E-state index contributed by atoms with van der Waals surface area (Å²) < 4.78 is 12.8. The van der Waals surface area contributed by atoms with Gasteiger partial charge in [-0.1, -0.05) is 29.3 Å². The molecule has 2 aromatic carbocycles. The van der Waals surface area contributed by atoms with E-state index in [4.69, 9.17) is 35.4 Å². The maximum atomic E-state index is 12.8. The van der Waals surface area contributed by atoms with Crippen LogP contribution in [0.4, 0.5) is 4.39 Å². The van der Waals surface area contributed by atoms with E-state index in [1.807, 2.05) is 0 Å². The van der Waals surface area contributed by atoms with Crippen molar-refractivity contribution in [1.29, 1.82) is 0 Å². The Bertz CT molecular complexity index is 707. The molecule has 2 aromatic rings. The average Bonchev–Trinajstić information content (AvgIpc) is 2.47. The Labute approximate surface area is 142 Å². The van der Waals surface area contributed by atoms with Gasteiger partial charge in [-0.15, -0.1) is 0 Å². The molecule has 0 aliphatic heterocycles. The van der Waals surface area contributed by atoms with Gasteiger partial charge in [-0.05, 0) is 54.2 Å². The molecule has 1 amide bonds. The summed E-state index contributed by atoms with van der Waals surface area (Å²) in [5, 5.41) is 6.58. The SMILES string of the molecule is O=C(NC(=S)NCc1ccc(Cl)cc1Cl)c1ccc(F)cc1. The molecule has 2 rings (SSSR count). The third-order valence-electron chi connectivity index (χ3n) is 2.79. The number of benzene rings is 2. The number of hydrogen-bond acceptors (Lipinski definition) is 2. The van der Waals surface area contributed by atoms with E-state index in [2.05, 4.69) is 10.6 Å². The van der Waals surface area contributed by atoms with Crippen molar-refractivity contribution in [3.8, 4) is 0 Å². The van der Waals surface area contributed by atoms with E-state index in [-0.39, 0.29) is 5.11 Å². The fourth-order valence-corrected chi connectivity index (χ4v) is 2.30. The second-order valence-corrected chi connectivity index (χ2v) is 5.63. The molecule has 0 fully saturated rings. The summed E-state index contributed by atoms with van der Waals surface area (Å²) >= 11 is 16.9. The molecular weight excluding hydrogens is 346 g/mol. The number of rotatable bonds is 3. The maximum Gasteiger partial charge on any atom is 0.257 e. The first-order valence-corrected chi connectivity index (χ1v) is 7.41. The summed E-state index contributed by atoms with van der Waals surface area (Å²) in [4.78, 5) is 11.9. The first-order chi connectivity index (χ1) is 10.5. The summed E-state index contributed by atoms with van der Waals surface area (Å²) in [6.07, 6.45) is 0. The van der Waals surface area contributed by atoms with Gasteiger partial charge in [-0.25, -0.2) is 4.39 Å². The molecule has 0 aliphatic rings. The van der Waals surface area contributed by atoms with Crippen LogP contribution in [0.1, 0.15) is 15.9 Å². The van der Waals surface area contributed by atoms with Crippen LogP contribution in [0.15, 0.2) is 42.5 Å². The minimum Gasteiger partial charge on any atom is -0.358 e. The van der Waals surface area contributed by atoms with E-state index in [1.165, 1.54) is 24.3 Å². The summed E-state index contributed by atoms with van der Waals surface area (Å²) in [7, 11) is 0. The molecule has 0 aliphatic carbocycles. The van der Waals surface area contributed by atoms with Crippen molar-refractivity contribution >= 4 is 46.4 Å². The van der Waals surface area contributed by atoms with Gasteiger partial charge in [0, 0.05) is 22.2 Å². The number of amides is 1. The van der Waals surface area contributed by atoms with Crippen molar-refractivity contribution in [3.05, 3.63) is 69.5 Å². The van der Waals surface area contributed by atoms with Crippen LogP contribution in [-0.4, -0.2) is 11.0 Å². The van der Waals surface area contributed by atoms with Crippen molar-refractivity contribution in [2.24, 2.45) is 0 Å². The fourth-order valence-electron chi connectivity index (χ4n) is 1.66. The van der Waals surface area contributed by atoms with Crippen molar-refractivity contribution < 1.29 is 9.18 Å². The standard InChI is InChI=1S/C15H11Cl2FN2OS/c16-11-4-1-10(13(17)7-11)8-19-15(22)20-14(21)9-2-5-12(18)6-3-9/h1-7H,8H2,(H2,19,20,21,22). The Morgan fingerprint density at radius 3 is 2.45 bits per heavy atom. The molecule has 0 bridgehead atoms. The van der Waals surface area contributed by atoms with Crippen LogP contribution >= 0.6 is 35.4 Å². The second-order valence-electron chi connectivity index (χ2n) is 4.38. The van der Waals surface area contributed by atoms with E-state index in [0.29, 0.717) is 22.2 Å². The largest absolute Gasteiger partial charge is 0.358 e. The topological polar surface area (TPSA) is 41.1 Å². The van der Waals surface area contributed by atoms with Crippen LogP contribution in [0.25, 0.3) is 0 Å². The van der Waals surface area contributed by atoms with Crippen molar-refractivity contribution in [2.45, 2.75) is 6.54 Å². The maximum absolute atomic E-state index is 12.8. The molecule has 22 heavy (non-hydrogen) atoms. The first kappa shape index (κ1) is 16.7. The third kappa shape index (κ3) is 4.66. The van der Waals surface area contributed by atoms with Gasteiger partial charge >= 0.3 is 0 Å². The predicted molar refractivity (Wildman–Crippen MR) is 89.8 cm³/mol. The lowest BCUT2D eigenvalue weighted by molar-refractivity contribution is 0.0976. The van der Waals surface area contributed by atoms with Gasteiger partial charge in [-0.3, -0.25) is 10.1 Å². The lowest BCUT2D eigenvalue weighted by Gasteiger charge is -2.10. The zero-order valence-corrected chi connectivity index (χ0v) is 13.5. The highest BCUT2D eigenvalue weighted by Gasteiger charge is 2.08. The van der Waals surface area contributed by atoms with E-state index in [9.17, 15) is 9.18 Å². The third-order valence-corrected chi connectivity index (χ3v) is 3.62. The summed E-state index contributed by atoms with van der Waals surface area (Å²) in [6, 6.07) is 10.3. The summed E-state index contributed by atoms with van der Waals surface area (Å²) in [6.45, 7) is 0.346. The Kier molecular flexibility index (Phi) is 5.71. The van der Waals surface area contributed by atoms with E-state index >= 15 is 0 Å². The number of halogens is 3. The molecule has 0 atom stereocenters. The van der Waals surface area contributed by atoms with Crippen LogP contribution in [-0.2, 0) is 6.54 Å². The molecule has 7 heteroatoms. The van der Waals surface area contributed by atoms with E-state index in [0.717, 1.165) is 5.56 Å². The molecular formula is C15H11Cl2FN2OS. The summed E-state index contributed by atoms with van der Waals surface area (Å²) in [5.74, 6) is -0.825. The lowest BCUT2D eigenvalue weighted by atomic mass is 10.2. The van der Waals surface area contributed by atoms with Crippen molar-refractivity contribution in [1.82, 2.24) is 10.6 Å². The highest BCUT2D eigenvalue weighted by Crippen LogP contribution is 2.20. The molecule has 2 N–H and O–H groups in total. The van der Waals surface area contributed by atoms with Gasteiger partial charge in [0.15, 0.2) is 5.11 Å². The fraction of sp³-hybridized carbons (Fsp3) is 0.0667. The number of nitrogens with one attached hydrogen (secondary N) is 2. The minimum atomic E-state index is -0.417. The molecule has 0 unspecified atom stereocenters. The monoisotopic (exact) mass is 356 g/mol. The van der Waals surface area contributed by atoms with Crippen LogP contribution in [0.2, 0.25) is 10.0 Å². The molecule has 0 saturated carbocycles.